The number of aromatic nitrogens is 2. The molecule has 1 N–H and O–H groups in total. The maximum absolute atomic E-state index is 12.4. The van der Waals surface area contributed by atoms with Gasteiger partial charge >= 0.3 is 5.97 Å². The van der Waals surface area contributed by atoms with Crippen molar-refractivity contribution < 1.29 is 14.3 Å². The fourth-order valence-electron chi connectivity index (χ4n) is 2.57. The molecule has 1 aromatic heterocycles. The third-order valence-corrected chi connectivity index (χ3v) is 4.48. The van der Waals surface area contributed by atoms with E-state index in [1.807, 2.05) is 58.0 Å². The van der Waals surface area contributed by atoms with E-state index in [0.717, 1.165) is 11.3 Å². The quantitative estimate of drug-likeness (QED) is 0.774. The molecule has 1 aromatic carbocycles. The van der Waals surface area contributed by atoms with Crippen molar-refractivity contribution in [1.82, 2.24) is 15.1 Å². The van der Waals surface area contributed by atoms with E-state index in [4.69, 9.17) is 4.74 Å². The first-order chi connectivity index (χ1) is 12.3. The zero-order chi connectivity index (χ0) is 19.3. The Hall–Kier alpha value is -2.63. The first kappa shape index (κ1) is 19.7. The molecule has 6 nitrogen and oxygen atoms in total. The summed E-state index contributed by atoms with van der Waals surface area (Å²) in [4.78, 5) is 24.3. The molecule has 0 saturated heterocycles. The number of carbonyl (C=O) groups is 2. The Morgan fingerprint density at radius 1 is 1.15 bits per heavy atom. The largest absolute Gasteiger partial charge is 0.452 e. The Balaban J connectivity index is 2.02. The number of carbonyl (C=O) groups excluding carboxylic acids is 2. The second-order valence-electron chi connectivity index (χ2n) is 6.87. The summed E-state index contributed by atoms with van der Waals surface area (Å²) in [5, 5.41) is 7.26. The second kappa shape index (κ2) is 8.65. The number of nitrogens with zero attached hydrogens (tertiary/aromatic N) is 2. The molecular weight excluding hydrogens is 330 g/mol. The molecule has 0 aliphatic rings. The standard InChI is InChI=1S/C20H27N3O3/c1-13(2)14(3)21-18(24)12-26-20(25)19-15(4)22-23(16(19)5)11-17-9-7-6-8-10-17/h6-10,13-14H,11-12H2,1-5H3,(H,21,24)/t14-/m1/s1. The normalized spacial score (nSPS) is 12.1. The van der Waals surface area contributed by atoms with Gasteiger partial charge in [-0.05, 0) is 32.3 Å². The monoisotopic (exact) mass is 357 g/mol. The second-order valence-corrected chi connectivity index (χ2v) is 6.87. The Labute approximate surface area is 154 Å². The number of rotatable bonds is 7. The lowest BCUT2D eigenvalue weighted by Gasteiger charge is -2.17. The van der Waals surface area contributed by atoms with E-state index in [2.05, 4.69) is 10.4 Å². The Morgan fingerprint density at radius 2 is 1.81 bits per heavy atom. The van der Waals surface area contributed by atoms with E-state index in [-0.39, 0.29) is 18.6 Å². The molecule has 2 rings (SSSR count). The van der Waals surface area contributed by atoms with E-state index < -0.39 is 5.97 Å². The first-order valence-corrected chi connectivity index (χ1v) is 8.84. The Kier molecular flexibility index (Phi) is 6.55. The molecule has 0 radical (unpaired) electrons. The van der Waals surface area contributed by atoms with E-state index in [1.165, 1.54) is 0 Å². The van der Waals surface area contributed by atoms with Crippen molar-refractivity contribution in [2.24, 2.45) is 5.92 Å². The van der Waals surface area contributed by atoms with Gasteiger partial charge < -0.3 is 10.1 Å². The third-order valence-electron chi connectivity index (χ3n) is 4.48. The van der Waals surface area contributed by atoms with Crippen molar-refractivity contribution >= 4 is 11.9 Å². The predicted octanol–water partition coefficient (Wildman–Crippen LogP) is 2.87. The Morgan fingerprint density at radius 3 is 2.42 bits per heavy atom. The number of ether oxygens (including phenoxy) is 1. The highest BCUT2D eigenvalue weighted by Gasteiger charge is 2.21. The van der Waals surface area contributed by atoms with Gasteiger partial charge in [0.1, 0.15) is 5.56 Å². The van der Waals surface area contributed by atoms with Gasteiger partial charge in [-0.15, -0.1) is 0 Å². The van der Waals surface area contributed by atoms with Gasteiger partial charge in [-0.2, -0.15) is 5.10 Å². The van der Waals surface area contributed by atoms with Crippen LogP contribution < -0.4 is 5.32 Å². The van der Waals surface area contributed by atoms with Crippen LogP contribution in [0.25, 0.3) is 0 Å². The predicted molar refractivity (Wildman–Crippen MR) is 100.0 cm³/mol. The zero-order valence-electron chi connectivity index (χ0n) is 16.1. The number of hydrogen-bond acceptors (Lipinski definition) is 4. The van der Waals surface area contributed by atoms with E-state index in [0.29, 0.717) is 23.7 Å². The van der Waals surface area contributed by atoms with Crippen LogP contribution in [-0.2, 0) is 16.1 Å². The summed E-state index contributed by atoms with van der Waals surface area (Å²) in [5.41, 5.74) is 2.84. The van der Waals surface area contributed by atoms with E-state index >= 15 is 0 Å². The lowest BCUT2D eigenvalue weighted by atomic mass is 10.1. The molecule has 6 heteroatoms. The number of hydrogen-bond donors (Lipinski definition) is 1. The summed E-state index contributed by atoms with van der Waals surface area (Å²) in [7, 11) is 0. The molecule has 0 spiro atoms. The molecule has 0 bridgehead atoms. The molecule has 2 aromatic rings. The maximum atomic E-state index is 12.4. The highest BCUT2D eigenvalue weighted by Crippen LogP contribution is 2.16. The molecule has 1 heterocycles. The summed E-state index contributed by atoms with van der Waals surface area (Å²) in [6.07, 6.45) is 0. The van der Waals surface area contributed by atoms with Crippen molar-refractivity contribution in [3.63, 3.8) is 0 Å². The van der Waals surface area contributed by atoms with Crippen LogP contribution in [0.15, 0.2) is 30.3 Å². The minimum absolute atomic E-state index is 0.0262. The molecule has 0 aliphatic heterocycles. The Bertz CT molecular complexity index is 766. The van der Waals surface area contributed by atoms with Gasteiger partial charge in [-0.25, -0.2) is 4.79 Å². The minimum Gasteiger partial charge on any atom is -0.452 e. The molecule has 0 unspecified atom stereocenters. The van der Waals surface area contributed by atoms with Gasteiger partial charge in [0.05, 0.1) is 17.9 Å². The summed E-state index contributed by atoms with van der Waals surface area (Å²) in [6, 6.07) is 9.93. The molecule has 0 saturated carbocycles. The highest BCUT2D eigenvalue weighted by atomic mass is 16.5. The molecule has 0 aliphatic carbocycles. The number of benzene rings is 1. The number of amides is 1. The fraction of sp³-hybridized carbons (Fsp3) is 0.450. The third kappa shape index (κ3) is 4.94. The van der Waals surface area contributed by atoms with Crippen LogP contribution >= 0.6 is 0 Å². The van der Waals surface area contributed by atoms with Crippen LogP contribution in [0.5, 0.6) is 0 Å². The first-order valence-electron chi connectivity index (χ1n) is 8.84. The van der Waals surface area contributed by atoms with E-state index in [9.17, 15) is 9.59 Å². The molecule has 140 valence electrons. The van der Waals surface area contributed by atoms with Gasteiger partial charge in [0.25, 0.3) is 5.91 Å². The molecule has 0 fully saturated rings. The van der Waals surface area contributed by atoms with E-state index in [1.54, 1.807) is 11.6 Å². The maximum Gasteiger partial charge on any atom is 0.342 e. The molecular formula is C20H27N3O3. The van der Waals surface area contributed by atoms with Gasteiger partial charge in [0, 0.05) is 6.04 Å². The van der Waals surface area contributed by atoms with Crippen molar-refractivity contribution in [3.05, 3.63) is 52.8 Å². The minimum atomic E-state index is -0.522. The summed E-state index contributed by atoms with van der Waals surface area (Å²) in [6.45, 7) is 9.85. The van der Waals surface area contributed by atoms with Gasteiger partial charge in [0.15, 0.2) is 6.61 Å². The number of aryl methyl sites for hydroxylation is 1. The summed E-state index contributed by atoms with van der Waals surface area (Å²) in [5.74, 6) is -0.506. The fourth-order valence-corrected chi connectivity index (χ4v) is 2.57. The van der Waals surface area contributed by atoms with Gasteiger partial charge in [0.2, 0.25) is 0 Å². The van der Waals surface area contributed by atoms with Crippen molar-refractivity contribution in [1.29, 1.82) is 0 Å². The molecule has 1 atom stereocenters. The van der Waals surface area contributed by atoms with Gasteiger partial charge in [-0.1, -0.05) is 44.2 Å². The molecule has 26 heavy (non-hydrogen) atoms. The van der Waals surface area contributed by atoms with Crippen LogP contribution in [0.2, 0.25) is 0 Å². The van der Waals surface area contributed by atoms with Crippen LogP contribution in [-0.4, -0.2) is 34.3 Å². The number of nitrogens with one attached hydrogen (secondary N) is 1. The van der Waals surface area contributed by atoms with Crippen molar-refractivity contribution in [2.45, 2.75) is 47.2 Å². The summed E-state index contributed by atoms with van der Waals surface area (Å²) < 4.78 is 6.97. The average molecular weight is 357 g/mol. The smallest absolute Gasteiger partial charge is 0.342 e. The van der Waals surface area contributed by atoms with Crippen LogP contribution in [0.3, 0.4) is 0 Å². The van der Waals surface area contributed by atoms with Crippen molar-refractivity contribution in [2.75, 3.05) is 6.61 Å². The van der Waals surface area contributed by atoms with Crippen LogP contribution in [0, 0.1) is 19.8 Å². The SMILES string of the molecule is Cc1nn(Cc2ccccc2)c(C)c1C(=O)OCC(=O)N[C@H](C)C(C)C. The zero-order valence-corrected chi connectivity index (χ0v) is 16.1. The lowest BCUT2D eigenvalue weighted by Crippen LogP contribution is -2.38. The summed E-state index contributed by atoms with van der Waals surface area (Å²) >= 11 is 0. The van der Waals surface area contributed by atoms with Crippen LogP contribution in [0.4, 0.5) is 0 Å². The lowest BCUT2D eigenvalue weighted by molar-refractivity contribution is -0.125. The average Bonchev–Trinajstić information content (AvgIpc) is 2.87. The highest BCUT2D eigenvalue weighted by molar-refractivity contribution is 5.93. The topological polar surface area (TPSA) is 73.2 Å². The van der Waals surface area contributed by atoms with Gasteiger partial charge in [-0.3, -0.25) is 9.48 Å². The van der Waals surface area contributed by atoms with Crippen LogP contribution in [0.1, 0.15) is 48.1 Å². The number of esters is 1. The van der Waals surface area contributed by atoms with Crippen molar-refractivity contribution in [3.8, 4) is 0 Å². The molecule has 1 amide bonds.